The third-order valence-electron chi connectivity index (χ3n) is 5.76. The Kier molecular flexibility index (Phi) is 12.6. The van der Waals surface area contributed by atoms with Crippen LogP contribution in [0.15, 0.2) is 24.4 Å². The van der Waals surface area contributed by atoms with Crippen molar-refractivity contribution in [2.24, 2.45) is 17.3 Å². The molecule has 1 aromatic heterocycles. The van der Waals surface area contributed by atoms with Gasteiger partial charge in [0.15, 0.2) is 0 Å². The van der Waals surface area contributed by atoms with Gasteiger partial charge in [0.2, 0.25) is 12.3 Å². The Morgan fingerprint density at radius 1 is 1.31 bits per heavy atom. The lowest BCUT2D eigenvalue weighted by Crippen LogP contribution is -2.44. The normalized spacial score (nSPS) is 16.7. The fourth-order valence-corrected chi connectivity index (χ4v) is 3.71. The van der Waals surface area contributed by atoms with Crippen LogP contribution in [0.25, 0.3) is 10.9 Å². The van der Waals surface area contributed by atoms with Crippen LogP contribution in [0.5, 0.6) is 0 Å². The SMILES string of the molecule is CC(C)C.C[C@H]1CN(C(=O)CNC(=O)C(F)(F)F)CC1(C)C.N#CC(NC=O)c1cccc2nncc(Cl)c12. The first kappa shape index (κ1) is 33.6. The summed E-state index contributed by atoms with van der Waals surface area (Å²) < 4.78 is 35.8. The van der Waals surface area contributed by atoms with E-state index in [0.717, 1.165) is 5.92 Å². The van der Waals surface area contributed by atoms with Gasteiger partial charge in [0.25, 0.3) is 0 Å². The van der Waals surface area contributed by atoms with E-state index in [1.165, 1.54) is 11.1 Å². The van der Waals surface area contributed by atoms with Crippen molar-refractivity contribution in [1.82, 2.24) is 25.7 Å². The fraction of sp³-hybridized carbons (Fsp3) is 0.538. The van der Waals surface area contributed by atoms with Crippen LogP contribution in [0, 0.1) is 28.6 Å². The van der Waals surface area contributed by atoms with Gasteiger partial charge in [0, 0.05) is 18.5 Å². The highest BCUT2D eigenvalue weighted by molar-refractivity contribution is 6.35. The molecule has 1 aliphatic rings. The van der Waals surface area contributed by atoms with E-state index < -0.39 is 30.6 Å². The molecule has 214 valence electrons. The van der Waals surface area contributed by atoms with Gasteiger partial charge >= 0.3 is 12.1 Å². The summed E-state index contributed by atoms with van der Waals surface area (Å²) in [6.07, 6.45) is -3.06. The average Bonchev–Trinajstić information content (AvgIpc) is 3.12. The second kappa shape index (κ2) is 14.6. The molecule has 0 saturated carbocycles. The number of halogens is 4. The second-order valence-electron chi connectivity index (χ2n) is 10.4. The minimum Gasteiger partial charge on any atom is -0.340 e. The van der Waals surface area contributed by atoms with Gasteiger partial charge in [-0.15, -0.1) is 0 Å². The molecule has 1 unspecified atom stereocenters. The molecule has 0 radical (unpaired) electrons. The molecule has 13 heteroatoms. The van der Waals surface area contributed by atoms with Crippen molar-refractivity contribution in [2.75, 3.05) is 19.6 Å². The summed E-state index contributed by atoms with van der Waals surface area (Å²) >= 11 is 6.04. The van der Waals surface area contributed by atoms with E-state index in [0.29, 0.717) is 41.0 Å². The molecule has 9 nitrogen and oxygen atoms in total. The number of nitrogens with one attached hydrogen (secondary N) is 2. The van der Waals surface area contributed by atoms with Crippen LogP contribution < -0.4 is 10.6 Å². The highest BCUT2D eigenvalue weighted by Crippen LogP contribution is 2.34. The van der Waals surface area contributed by atoms with Gasteiger partial charge in [0.05, 0.1) is 29.4 Å². The van der Waals surface area contributed by atoms with Gasteiger partial charge in [-0.25, -0.2) is 0 Å². The fourth-order valence-electron chi connectivity index (χ4n) is 3.46. The molecule has 2 aromatic rings. The molecule has 1 aromatic carbocycles. The van der Waals surface area contributed by atoms with Crippen molar-refractivity contribution in [1.29, 1.82) is 5.26 Å². The number of amides is 3. The number of likely N-dealkylation sites (tertiary alicyclic amines) is 1. The first-order valence-corrected chi connectivity index (χ1v) is 12.5. The van der Waals surface area contributed by atoms with E-state index in [9.17, 15) is 27.6 Å². The van der Waals surface area contributed by atoms with E-state index in [1.807, 2.05) is 26.8 Å². The molecular formula is C26H34ClF3N6O3. The van der Waals surface area contributed by atoms with Gasteiger partial charge in [-0.05, 0) is 28.9 Å². The highest BCUT2D eigenvalue weighted by Gasteiger charge is 2.41. The minimum atomic E-state index is -4.95. The Bertz CT molecular complexity index is 1180. The highest BCUT2D eigenvalue weighted by atomic mass is 35.5. The lowest BCUT2D eigenvalue weighted by Gasteiger charge is -2.22. The van der Waals surface area contributed by atoms with Gasteiger partial charge in [0.1, 0.15) is 6.04 Å². The summed E-state index contributed by atoms with van der Waals surface area (Å²) in [6, 6.07) is 6.44. The number of rotatable bonds is 5. The van der Waals surface area contributed by atoms with E-state index in [1.54, 1.807) is 23.5 Å². The third-order valence-corrected chi connectivity index (χ3v) is 6.05. The Hall–Kier alpha value is -3.46. The Morgan fingerprint density at radius 3 is 2.41 bits per heavy atom. The summed E-state index contributed by atoms with van der Waals surface area (Å²) in [5.41, 5.74) is 1.14. The van der Waals surface area contributed by atoms with Crippen molar-refractivity contribution in [3.63, 3.8) is 0 Å². The predicted molar refractivity (Wildman–Crippen MR) is 141 cm³/mol. The molecule has 3 amide bonds. The summed E-state index contributed by atoms with van der Waals surface area (Å²) in [5.74, 6) is -1.45. The van der Waals surface area contributed by atoms with Crippen LogP contribution in [-0.4, -0.2) is 59.1 Å². The monoisotopic (exact) mass is 570 g/mol. The number of hydrogen-bond acceptors (Lipinski definition) is 6. The van der Waals surface area contributed by atoms with Crippen molar-refractivity contribution >= 4 is 40.7 Å². The van der Waals surface area contributed by atoms with Crippen LogP contribution in [0.2, 0.25) is 5.02 Å². The lowest BCUT2D eigenvalue weighted by atomic mass is 9.84. The number of hydrogen-bond donors (Lipinski definition) is 2. The smallest absolute Gasteiger partial charge is 0.340 e. The molecule has 39 heavy (non-hydrogen) atoms. The Morgan fingerprint density at radius 2 is 1.92 bits per heavy atom. The van der Waals surface area contributed by atoms with Gasteiger partial charge < -0.3 is 15.5 Å². The van der Waals surface area contributed by atoms with Crippen molar-refractivity contribution in [3.05, 3.63) is 35.0 Å². The summed E-state index contributed by atoms with van der Waals surface area (Å²) in [6.45, 7) is 12.9. The van der Waals surface area contributed by atoms with Crippen molar-refractivity contribution < 1.29 is 27.6 Å². The maximum atomic E-state index is 11.9. The predicted octanol–water partition coefficient (Wildman–Crippen LogP) is 4.43. The maximum absolute atomic E-state index is 11.9. The van der Waals surface area contributed by atoms with Crippen LogP contribution in [-0.2, 0) is 14.4 Å². The average molecular weight is 571 g/mol. The summed E-state index contributed by atoms with van der Waals surface area (Å²) in [5, 5.41) is 21.7. The molecule has 2 N–H and O–H groups in total. The number of benzene rings is 1. The third kappa shape index (κ3) is 10.3. The maximum Gasteiger partial charge on any atom is 0.471 e. The topological polar surface area (TPSA) is 128 Å². The van der Waals surface area contributed by atoms with E-state index >= 15 is 0 Å². The first-order chi connectivity index (χ1) is 18.0. The molecular weight excluding hydrogens is 537 g/mol. The van der Waals surface area contributed by atoms with Gasteiger partial charge in [-0.1, -0.05) is 65.3 Å². The van der Waals surface area contributed by atoms with Gasteiger partial charge in [-0.2, -0.15) is 28.6 Å². The zero-order chi connectivity index (χ0) is 30.0. The number of fused-ring (bicyclic) bond motifs is 1. The summed E-state index contributed by atoms with van der Waals surface area (Å²) in [7, 11) is 0. The van der Waals surface area contributed by atoms with Crippen LogP contribution in [0.3, 0.4) is 0 Å². The van der Waals surface area contributed by atoms with Crippen LogP contribution in [0.4, 0.5) is 13.2 Å². The number of carbonyl (C=O) groups is 3. The molecule has 0 bridgehead atoms. The molecule has 3 rings (SSSR count). The van der Waals surface area contributed by atoms with E-state index in [4.69, 9.17) is 16.9 Å². The molecule has 1 fully saturated rings. The number of nitrogens with zero attached hydrogens (tertiary/aromatic N) is 4. The van der Waals surface area contributed by atoms with Crippen molar-refractivity contribution in [3.8, 4) is 6.07 Å². The number of aromatic nitrogens is 2. The molecule has 1 saturated heterocycles. The number of carbonyl (C=O) groups excluding carboxylic acids is 3. The zero-order valence-corrected chi connectivity index (χ0v) is 23.5. The van der Waals surface area contributed by atoms with E-state index in [2.05, 4.69) is 36.3 Å². The number of nitriles is 1. The molecule has 0 aliphatic carbocycles. The standard InChI is InChI=1S/C11H7ClN4O.C11H17F3N2O2.C4H10/c12-8-5-15-16-9-3-1-2-7(11(8)9)10(4-13)14-6-17;1-7-5-16(6-10(7,2)3)8(17)4-15-9(18)11(12,13)14;1-4(2)3/h1-3,5-6,10H,(H,14,17);7H,4-6H2,1-3H3,(H,15,18);4H,1-3H3/t;7-;/m.0./s1. The van der Waals surface area contributed by atoms with Crippen LogP contribution in [0.1, 0.15) is 53.1 Å². The largest absolute Gasteiger partial charge is 0.471 e. The molecule has 2 heterocycles. The Balaban J connectivity index is 0.000000343. The lowest BCUT2D eigenvalue weighted by molar-refractivity contribution is -0.174. The van der Waals surface area contributed by atoms with Crippen molar-refractivity contribution in [2.45, 2.75) is 53.8 Å². The van der Waals surface area contributed by atoms with E-state index in [-0.39, 0.29) is 11.3 Å². The van der Waals surface area contributed by atoms with Crippen LogP contribution >= 0.6 is 11.6 Å². The summed E-state index contributed by atoms with van der Waals surface area (Å²) in [4.78, 5) is 34.2. The zero-order valence-electron chi connectivity index (χ0n) is 22.8. The van der Waals surface area contributed by atoms with Gasteiger partial charge in [-0.3, -0.25) is 14.4 Å². The molecule has 2 atom stereocenters. The quantitative estimate of drug-likeness (QED) is 0.512. The first-order valence-electron chi connectivity index (χ1n) is 12.2. The molecule has 0 spiro atoms. The Labute approximate surface area is 231 Å². The second-order valence-corrected chi connectivity index (χ2v) is 10.8. The number of alkyl halides is 3. The molecule has 1 aliphatic heterocycles. The minimum absolute atomic E-state index is 0.0519.